The van der Waals surface area contributed by atoms with E-state index in [1.165, 1.54) is 12.5 Å². The van der Waals surface area contributed by atoms with E-state index in [2.05, 4.69) is 4.98 Å². The predicted molar refractivity (Wildman–Crippen MR) is 69.4 cm³/mol. The van der Waals surface area contributed by atoms with Gasteiger partial charge in [-0.15, -0.1) is 0 Å². The lowest BCUT2D eigenvalue weighted by molar-refractivity contribution is 0.0995. The van der Waals surface area contributed by atoms with Gasteiger partial charge in [0.1, 0.15) is 5.69 Å². The molecule has 3 radical (unpaired) electrons. The number of nitrogens with zero attached hydrogens (tertiary/aromatic N) is 1. The van der Waals surface area contributed by atoms with Gasteiger partial charge in [-0.2, -0.15) is 0 Å². The summed E-state index contributed by atoms with van der Waals surface area (Å²) in [6.07, 6.45) is 0.909. The van der Waals surface area contributed by atoms with Gasteiger partial charge in [-0.1, -0.05) is 13.8 Å². The predicted octanol–water partition coefficient (Wildman–Crippen LogP) is 2.31. The van der Waals surface area contributed by atoms with E-state index in [1.807, 2.05) is 26.8 Å². The molecule has 1 aromatic rings. The highest BCUT2D eigenvalue weighted by Crippen LogP contribution is 2.19. The molecule has 3 nitrogen and oxygen atoms in total. The van der Waals surface area contributed by atoms with Crippen molar-refractivity contribution in [1.29, 1.82) is 0 Å². The van der Waals surface area contributed by atoms with Crippen LogP contribution in [0.3, 0.4) is 0 Å². The maximum Gasteiger partial charge on any atom is 0.178 e. The van der Waals surface area contributed by atoms with Crippen molar-refractivity contribution >= 4 is 14.2 Å². The molecule has 0 aliphatic carbocycles. The fourth-order valence-corrected chi connectivity index (χ4v) is 1.75. The quantitative estimate of drug-likeness (QED) is 0.551. The number of Topliss-reactive ketones (excluding diaryl/α,β-unsaturated/α-hetero) is 1. The van der Waals surface area contributed by atoms with E-state index in [0.717, 1.165) is 24.3 Å². The average molecular weight is 232 g/mol. The SMILES string of the molecule is CC.CC(=O)c1cc(C)c2c(n1)COCC2.[B]. The molecule has 4 heteroatoms. The van der Waals surface area contributed by atoms with Crippen LogP contribution in [0.25, 0.3) is 0 Å². The number of fused-ring (bicyclic) bond motifs is 1. The Labute approximate surface area is 105 Å². The Bertz CT molecular complexity index is 391. The van der Waals surface area contributed by atoms with Gasteiger partial charge < -0.3 is 4.74 Å². The molecule has 0 amide bonds. The Balaban J connectivity index is 0.000000811. The summed E-state index contributed by atoms with van der Waals surface area (Å²) < 4.78 is 5.31. The van der Waals surface area contributed by atoms with E-state index < -0.39 is 0 Å². The molecule has 0 aromatic carbocycles. The van der Waals surface area contributed by atoms with Gasteiger partial charge in [-0.05, 0) is 30.5 Å². The van der Waals surface area contributed by atoms with Crippen LogP contribution in [0.5, 0.6) is 0 Å². The van der Waals surface area contributed by atoms with E-state index in [9.17, 15) is 4.79 Å². The van der Waals surface area contributed by atoms with Crippen LogP contribution in [0, 0.1) is 6.92 Å². The molecule has 0 fully saturated rings. The molecule has 0 atom stereocenters. The molecular weight excluding hydrogens is 213 g/mol. The minimum Gasteiger partial charge on any atom is -0.375 e. The number of carbonyl (C=O) groups is 1. The van der Waals surface area contributed by atoms with E-state index in [1.54, 1.807) is 0 Å². The van der Waals surface area contributed by atoms with Crippen molar-refractivity contribution in [1.82, 2.24) is 4.98 Å². The van der Waals surface area contributed by atoms with E-state index >= 15 is 0 Å². The normalized spacial score (nSPS) is 12.7. The lowest BCUT2D eigenvalue weighted by atomic mass is 10.0. The maximum atomic E-state index is 11.2. The van der Waals surface area contributed by atoms with Crippen LogP contribution in [-0.2, 0) is 17.8 Å². The van der Waals surface area contributed by atoms with Gasteiger partial charge in [0.2, 0.25) is 0 Å². The number of ether oxygens (including phenoxy) is 1. The standard InChI is InChI=1S/C11H13NO2.C2H6.B/c1-7-5-10(8(2)13)12-11-6-14-4-3-9(7)11;1-2;/h5H,3-4,6H2,1-2H3;1-2H3;. The maximum absolute atomic E-state index is 11.2. The van der Waals surface area contributed by atoms with Gasteiger partial charge in [0, 0.05) is 15.3 Å². The number of hydrogen-bond donors (Lipinski definition) is 0. The van der Waals surface area contributed by atoms with E-state index in [0.29, 0.717) is 12.3 Å². The lowest BCUT2D eigenvalue weighted by Crippen LogP contribution is -2.15. The van der Waals surface area contributed by atoms with Crippen molar-refractivity contribution in [2.24, 2.45) is 0 Å². The van der Waals surface area contributed by atoms with E-state index in [4.69, 9.17) is 4.74 Å². The second kappa shape index (κ2) is 7.23. The van der Waals surface area contributed by atoms with Gasteiger partial charge in [0.25, 0.3) is 0 Å². The molecule has 17 heavy (non-hydrogen) atoms. The minimum atomic E-state index is 0. The highest BCUT2D eigenvalue weighted by Gasteiger charge is 2.15. The fraction of sp³-hybridized carbons (Fsp3) is 0.538. The van der Waals surface area contributed by atoms with Crippen LogP contribution in [0.1, 0.15) is 48.1 Å². The summed E-state index contributed by atoms with van der Waals surface area (Å²) in [5.74, 6) is 0.0153. The molecular formula is C13H19BNO2. The Kier molecular flexibility index (Phi) is 6.73. The third kappa shape index (κ3) is 3.67. The van der Waals surface area contributed by atoms with Crippen LogP contribution >= 0.6 is 0 Å². The zero-order chi connectivity index (χ0) is 12.1. The Morgan fingerprint density at radius 2 is 2.06 bits per heavy atom. The lowest BCUT2D eigenvalue weighted by Gasteiger charge is -2.18. The number of ketones is 1. The first-order valence-electron chi connectivity index (χ1n) is 5.76. The summed E-state index contributed by atoms with van der Waals surface area (Å²) in [7, 11) is 0. The topological polar surface area (TPSA) is 39.2 Å². The Morgan fingerprint density at radius 3 is 2.65 bits per heavy atom. The largest absolute Gasteiger partial charge is 0.375 e. The van der Waals surface area contributed by atoms with Crippen LogP contribution in [-0.4, -0.2) is 25.8 Å². The third-order valence-corrected chi connectivity index (χ3v) is 2.53. The number of pyridine rings is 1. The highest BCUT2D eigenvalue weighted by atomic mass is 16.5. The first-order valence-corrected chi connectivity index (χ1v) is 5.76. The zero-order valence-electron chi connectivity index (χ0n) is 11.0. The van der Waals surface area contributed by atoms with Gasteiger partial charge in [-0.25, -0.2) is 4.98 Å². The summed E-state index contributed by atoms with van der Waals surface area (Å²) >= 11 is 0. The molecule has 1 aliphatic heterocycles. The summed E-state index contributed by atoms with van der Waals surface area (Å²) in [5, 5.41) is 0. The molecule has 0 N–H and O–H groups in total. The molecule has 0 saturated carbocycles. The minimum absolute atomic E-state index is 0. The molecule has 2 heterocycles. The third-order valence-electron chi connectivity index (χ3n) is 2.53. The average Bonchev–Trinajstić information content (AvgIpc) is 2.31. The number of hydrogen-bond acceptors (Lipinski definition) is 3. The number of aromatic nitrogens is 1. The molecule has 91 valence electrons. The molecule has 2 rings (SSSR count). The summed E-state index contributed by atoms with van der Waals surface area (Å²) in [5.41, 5.74) is 3.89. The smallest absolute Gasteiger partial charge is 0.178 e. The number of carbonyl (C=O) groups excluding carboxylic acids is 1. The second-order valence-electron chi connectivity index (χ2n) is 3.61. The summed E-state index contributed by atoms with van der Waals surface area (Å²) in [4.78, 5) is 15.5. The van der Waals surface area contributed by atoms with Crippen molar-refractivity contribution < 1.29 is 9.53 Å². The Hall–Kier alpha value is -1.16. The molecule has 0 saturated heterocycles. The van der Waals surface area contributed by atoms with Crippen molar-refractivity contribution in [2.45, 2.75) is 40.7 Å². The monoisotopic (exact) mass is 232 g/mol. The van der Waals surface area contributed by atoms with Crippen molar-refractivity contribution in [3.8, 4) is 0 Å². The van der Waals surface area contributed by atoms with Crippen molar-refractivity contribution in [2.75, 3.05) is 6.61 Å². The first-order chi connectivity index (χ1) is 7.68. The summed E-state index contributed by atoms with van der Waals surface area (Å²) in [6.45, 7) is 8.86. The van der Waals surface area contributed by atoms with Gasteiger partial charge >= 0.3 is 0 Å². The molecule has 1 aromatic heterocycles. The van der Waals surface area contributed by atoms with Gasteiger partial charge in [-0.3, -0.25) is 4.79 Å². The van der Waals surface area contributed by atoms with Crippen LogP contribution in [0.2, 0.25) is 0 Å². The van der Waals surface area contributed by atoms with Crippen LogP contribution < -0.4 is 0 Å². The molecule has 0 bridgehead atoms. The molecule has 0 unspecified atom stereocenters. The van der Waals surface area contributed by atoms with Gasteiger partial charge in [0.05, 0.1) is 18.9 Å². The first kappa shape index (κ1) is 15.8. The van der Waals surface area contributed by atoms with Crippen molar-refractivity contribution in [3.63, 3.8) is 0 Å². The summed E-state index contributed by atoms with van der Waals surface area (Å²) in [6, 6.07) is 1.87. The fourth-order valence-electron chi connectivity index (χ4n) is 1.75. The van der Waals surface area contributed by atoms with E-state index in [-0.39, 0.29) is 14.2 Å². The van der Waals surface area contributed by atoms with Crippen LogP contribution in [0.15, 0.2) is 6.07 Å². The molecule has 0 spiro atoms. The second-order valence-corrected chi connectivity index (χ2v) is 3.61. The zero-order valence-corrected chi connectivity index (χ0v) is 11.0. The Morgan fingerprint density at radius 1 is 1.41 bits per heavy atom. The highest BCUT2D eigenvalue weighted by molar-refractivity contribution is 5.92. The van der Waals surface area contributed by atoms with Crippen LogP contribution in [0.4, 0.5) is 0 Å². The van der Waals surface area contributed by atoms with Crippen molar-refractivity contribution in [3.05, 3.63) is 28.6 Å². The number of aryl methyl sites for hydroxylation is 1. The number of rotatable bonds is 1. The van der Waals surface area contributed by atoms with Gasteiger partial charge in [0.15, 0.2) is 5.78 Å². The molecule has 1 aliphatic rings.